The standard InChI is InChI=1S/C12H19FN2O8S4/c1-24(16,17)14(25(2,18)19)9-12(10-6-5-7-11(13)8-10)15(26(3,20)21)27(4,22)23/h5-8,12H,9H2,1-4H3/t12-/m1/s1. The third-order valence-electron chi connectivity index (χ3n) is 3.20. The fourth-order valence-corrected chi connectivity index (χ4v) is 8.43. The maximum absolute atomic E-state index is 13.6. The number of hydrogen-bond acceptors (Lipinski definition) is 8. The van der Waals surface area contributed by atoms with Crippen molar-refractivity contribution in [1.82, 2.24) is 7.42 Å². The molecule has 27 heavy (non-hydrogen) atoms. The zero-order valence-corrected chi connectivity index (χ0v) is 18.0. The van der Waals surface area contributed by atoms with Crippen LogP contribution in [0.5, 0.6) is 0 Å². The smallest absolute Gasteiger partial charge is 0.212 e. The van der Waals surface area contributed by atoms with Gasteiger partial charge in [-0.3, -0.25) is 0 Å². The average Bonchev–Trinajstić information content (AvgIpc) is 2.37. The lowest BCUT2D eigenvalue weighted by Crippen LogP contribution is -2.46. The first-order chi connectivity index (χ1) is 11.8. The molecule has 0 unspecified atom stereocenters. The Labute approximate surface area is 158 Å². The van der Waals surface area contributed by atoms with Gasteiger partial charge in [0.1, 0.15) is 5.82 Å². The summed E-state index contributed by atoms with van der Waals surface area (Å²) in [6, 6.07) is 2.23. The first kappa shape index (κ1) is 23.9. The summed E-state index contributed by atoms with van der Waals surface area (Å²) in [4.78, 5) is 0. The summed E-state index contributed by atoms with van der Waals surface area (Å²) in [5.41, 5.74) is -0.247. The number of nitrogens with zero attached hydrogens (tertiary/aromatic N) is 2. The van der Waals surface area contributed by atoms with Gasteiger partial charge in [0, 0.05) is 0 Å². The first-order valence-electron chi connectivity index (χ1n) is 6.98. The molecule has 10 nitrogen and oxygen atoms in total. The third kappa shape index (κ3) is 6.46. The maximum atomic E-state index is 13.6. The van der Waals surface area contributed by atoms with Crippen LogP contribution in [0.25, 0.3) is 0 Å². The lowest BCUT2D eigenvalue weighted by molar-refractivity contribution is 0.387. The molecule has 15 heteroatoms. The minimum atomic E-state index is -4.51. The van der Waals surface area contributed by atoms with Crippen LogP contribution in [-0.2, 0) is 40.1 Å². The van der Waals surface area contributed by atoms with Crippen LogP contribution in [0, 0.1) is 5.82 Å². The summed E-state index contributed by atoms with van der Waals surface area (Å²) < 4.78 is 109. The van der Waals surface area contributed by atoms with E-state index in [4.69, 9.17) is 0 Å². The quantitative estimate of drug-likeness (QED) is 0.490. The van der Waals surface area contributed by atoms with Crippen molar-refractivity contribution in [2.75, 3.05) is 31.6 Å². The van der Waals surface area contributed by atoms with Crippen molar-refractivity contribution in [1.29, 1.82) is 0 Å². The van der Waals surface area contributed by atoms with Crippen LogP contribution in [0.15, 0.2) is 24.3 Å². The van der Waals surface area contributed by atoms with E-state index in [1.165, 1.54) is 0 Å². The maximum Gasteiger partial charge on any atom is 0.224 e. The highest BCUT2D eigenvalue weighted by molar-refractivity contribution is 8.04. The summed E-state index contributed by atoms with van der Waals surface area (Å²) in [6.07, 6.45) is 2.21. The molecule has 0 saturated carbocycles. The summed E-state index contributed by atoms with van der Waals surface area (Å²) >= 11 is 0. The molecule has 0 N–H and O–H groups in total. The topological polar surface area (TPSA) is 143 Å². The van der Waals surface area contributed by atoms with Gasteiger partial charge in [-0.25, -0.2) is 38.1 Å². The van der Waals surface area contributed by atoms with Gasteiger partial charge in [0.25, 0.3) is 0 Å². The van der Waals surface area contributed by atoms with Crippen LogP contribution in [-0.4, -0.2) is 72.7 Å². The van der Waals surface area contributed by atoms with E-state index in [1.54, 1.807) is 0 Å². The summed E-state index contributed by atoms with van der Waals surface area (Å²) in [5.74, 6) is -0.857. The average molecular weight is 467 g/mol. The molecule has 0 radical (unpaired) electrons. The first-order valence-corrected chi connectivity index (χ1v) is 14.4. The van der Waals surface area contributed by atoms with E-state index >= 15 is 0 Å². The number of sulfonamides is 4. The molecule has 0 aliphatic carbocycles. The zero-order chi connectivity index (χ0) is 21.4. The predicted molar refractivity (Wildman–Crippen MR) is 97.1 cm³/mol. The van der Waals surface area contributed by atoms with Crippen LogP contribution >= 0.6 is 0 Å². The van der Waals surface area contributed by atoms with Crippen molar-refractivity contribution in [2.24, 2.45) is 0 Å². The molecular weight excluding hydrogens is 447 g/mol. The van der Waals surface area contributed by atoms with Gasteiger partial charge in [-0.05, 0) is 17.7 Å². The lowest BCUT2D eigenvalue weighted by atomic mass is 10.1. The minimum Gasteiger partial charge on any atom is -0.212 e. The Hall–Kier alpha value is -1.13. The van der Waals surface area contributed by atoms with Gasteiger partial charge in [0.05, 0.1) is 37.6 Å². The predicted octanol–water partition coefficient (Wildman–Crippen LogP) is -0.691. The van der Waals surface area contributed by atoms with E-state index in [0.717, 1.165) is 24.3 Å². The van der Waals surface area contributed by atoms with Gasteiger partial charge in [-0.15, -0.1) is 0 Å². The molecule has 0 fully saturated rings. The van der Waals surface area contributed by atoms with Crippen molar-refractivity contribution >= 4 is 40.1 Å². The Morgan fingerprint density at radius 1 is 0.815 bits per heavy atom. The molecule has 0 saturated heterocycles. The molecule has 0 aliphatic rings. The van der Waals surface area contributed by atoms with Crippen LogP contribution in [0.1, 0.15) is 11.6 Å². The van der Waals surface area contributed by atoms with E-state index in [9.17, 15) is 38.1 Å². The normalized spacial score (nSPS) is 15.2. The highest BCUT2D eigenvalue weighted by Crippen LogP contribution is 2.29. The fourth-order valence-electron chi connectivity index (χ4n) is 2.37. The molecule has 1 aromatic carbocycles. The minimum absolute atomic E-state index is 0.0427. The largest absolute Gasteiger partial charge is 0.224 e. The third-order valence-corrected chi connectivity index (χ3v) is 10.0. The summed E-state index contributed by atoms with van der Waals surface area (Å²) in [5, 5.41) is 0. The highest BCUT2D eigenvalue weighted by atomic mass is 32.3. The highest BCUT2D eigenvalue weighted by Gasteiger charge is 2.40. The van der Waals surface area contributed by atoms with Crippen LogP contribution in [0.2, 0.25) is 0 Å². The van der Waals surface area contributed by atoms with Crippen molar-refractivity contribution < 1.29 is 38.1 Å². The molecule has 0 aliphatic heterocycles. The monoisotopic (exact) mass is 466 g/mol. The molecule has 1 rings (SSSR count). The van der Waals surface area contributed by atoms with Crippen LogP contribution < -0.4 is 0 Å². The van der Waals surface area contributed by atoms with Crippen molar-refractivity contribution in [3.8, 4) is 0 Å². The molecule has 0 spiro atoms. The van der Waals surface area contributed by atoms with E-state index in [2.05, 4.69) is 0 Å². The Kier molecular flexibility index (Phi) is 6.83. The van der Waals surface area contributed by atoms with Gasteiger partial charge in [0.2, 0.25) is 40.1 Å². The molecular formula is C12H19FN2O8S4. The lowest BCUT2D eigenvalue weighted by Gasteiger charge is -2.31. The fraction of sp³-hybridized carbons (Fsp3) is 0.500. The zero-order valence-electron chi connectivity index (χ0n) is 14.8. The Morgan fingerprint density at radius 3 is 1.59 bits per heavy atom. The van der Waals surface area contributed by atoms with Crippen molar-refractivity contribution in [3.05, 3.63) is 35.6 Å². The van der Waals surface area contributed by atoms with Crippen LogP contribution in [0.3, 0.4) is 0 Å². The number of halogens is 1. The molecule has 1 aromatic rings. The Morgan fingerprint density at radius 2 is 1.26 bits per heavy atom. The number of hydrogen-bond donors (Lipinski definition) is 0. The molecule has 1 atom stereocenters. The summed E-state index contributed by atoms with van der Waals surface area (Å²) in [6.45, 7) is -1.10. The van der Waals surface area contributed by atoms with Crippen molar-refractivity contribution in [2.45, 2.75) is 6.04 Å². The molecule has 0 bridgehead atoms. The number of benzene rings is 1. The van der Waals surface area contributed by atoms with Gasteiger partial charge < -0.3 is 0 Å². The van der Waals surface area contributed by atoms with Gasteiger partial charge >= 0.3 is 0 Å². The van der Waals surface area contributed by atoms with E-state index < -0.39 is 58.5 Å². The second-order valence-electron chi connectivity index (χ2n) is 5.80. The van der Waals surface area contributed by atoms with E-state index in [-0.39, 0.29) is 13.0 Å². The van der Waals surface area contributed by atoms with Gasteiger partial charge in [0.15, 0.2) is 0 Å². The van der Waals surface area contributed by atoms with Gasteiger partial charge in [-0.1, -0.05) is 19.6 Å². The van der Waals surface area contributed by atoms with E-state index in [0.29, 0.717) is 25.0 Å². The summed E-state index contributed by atoms with van der Waals surface area (Å²) in [7, 11) is -17.9. The number of rotatable bonds is 8. The molecule has 0 heterocycles. The Balaban J connectivity index is 3.80. The van der Waals surface area contributed by atoms with Crippen LogP contribution in [0.4, 0.5) is 4.39 Å². The van der Waals surface area contributed by atoms with E-state index in [1.807, 2.05) is 0 Å². The molecule has 0 amide bonds. The SMILES string of the molecule is CS(=O)(=O)N(C[C@H](c1cccc(F)c1)N(S(C)(=O)=O)S(C)(=O)=O)S(C)(=O)=O. The van der Waals surface area contributed by atoms with Gasteiger partial charge in [-0.2, -0.15) is 0 Å². The molecule has 156 valence electrons. The second kappa shape index (κ2) is 7.71. The Bertz CT molecular complexity index is 1060. The second-order valence-corrected chi connectivity index (χ2v) is 13.8. The molecule has 0 aromatic heterocycles. The van der Waals surface area contributed by atoms with Crippen molar-refractivity contribution in [3.63, 3.8) is 0 Å².